The third kappa shape index (κ3) is 1.61. The van der Waals surface area contributed by atoms with Gasteiger partial charge >= 0.3 is 0 Å². The summed E-state index contributed by atoms with van der Waals surface area (Å²) in [6.45, 7) is 5.58. The Hall–Kier alpha value is -0.340. The van der Waals surface area contributed by atoms with E-state index in [1.54, 1.807) is 10.4 Å². The first-order chi connectivity index (χ1) is 6.65. The normalized spacial score (nSPS) is 24.6. The molecule has 1 aromatic rings. The second-order valence-corrected chi connectivity index (χ2v) is 5.88. The Balaban J connectivity index is 2.33. The van der Waals surface area contributed by atoms with E-state index in [2.05, 4.69) is 25.3 Å². The summed E-state index contributed by atoms with van der Waals surface area (Å²) in [4.78, 5) is 1.60. The van der Waals surface area contributed by atoms with Crippen LogP contribution in [0.2, 0.25) is 0 Å². The topological polar surface area (TPSA) is 26.0 Å². The van der Waals surface area contributed by atoms with Crippen LogP contribution in [0, 0.1) is 5.41 Å². The van der Waals surface area contributed by atoms with Crippen molar-refractivity contribution in [2.24, 2.45) is 11.1 Å². The lowest BCUT2D eigenvalue weighted by Gasteiger charge is -2.38. The zero-order chi connectivity index (χ0) is 10.2. The van der Waals surface area contributed by atoms with Gasteiger partial charge in [-0.25, -0.2) is 0 Å². The Morgan fingerprint density at radius 3 is 3.07 bits per heavy atom. The van der Waals surface area contributed by atoms with E-state index in [0.717, 1.165) is 13.0 Å². The lowest BCUT2D eigenvalue weighted by atomic mass is 9.68. The smallest absolute Gasteiger partial charge is 0.0114 e. The number of aryl methyl sites for hydroxylation is 1. The summed E-state index contributed by atoms with van der Waals surface area (Å²) in [6.07, 6.45) is 3.70. The highest BCUT2D eigenvalue weighted by Crippen LogP contribution is 2.48. The van der Waals surface area contributed by atoms with Gasteiger partial charge in [0.2, 0.25) is 0 Å². The van der Waals surface area contributed by atoms with Crippen molar-refractivity contribution in [1.29, 1.82) is 0 Å². The van der Waals surface area contributed by atoms with Crippen LogP contribution in [0.25, 0.3) is 0 Å². The molecule has 1 aromatic heterocycles. The van der Waals surface area contributed by atoms with Crippen LogP contribution in [0.1, 0.15) is 43.0 Å². The van der Waals surface area contributed by atoms with Crippen molar-refractivity contribution >= 4 is 11.3 Å². The molecule has 1 atom stereocenters. The molecule has 0 saturated heterocycles. The summed E-state index contributed by atoms with van der Waals surface area (Å²) in [7, 11) is 0. The monoisotopic (exact) mass is 209 g/mol. The van der Waals surface area contributed by atoms with Crippen molar-refractivity contribution in [2.45, 2.75) is 39.0 Å². The van der Waals surface area contributed by atoms with Crippen LogP contribution in [0.5, 0.6) is 0 Å². The molecule has 2 rings (SSSR count). The molecule has 1 aliphatic carbocycles. The standard InChI is InChI=1S/C12H19NS/c1-12(2)6-3-9-5-8-14-11(9)10(12)4-7-13/h5,8,10H,3-4,6-7,13H2,1-2H3. The highest BCUT2D eigenvalue weighted by molar-refractivity contribution is 7.10. The van der Waals surface area contributed by atoms with Crippen LogP contribution in [-0.2, 0) is 6.42 Å². The number of nitrogens with two attached hydrogens (primary N) is 1. The molecule has 1 aliphatic rings. The zero-order valence-corrected chi connectivity index (χ0v) is 9.86. The first-order valence-corrected chi connectivity index (χ1v) is 6.29. The summed E-state index contributed by atoms with van der Waals surface area (Å²) < 4.78 is 0. The van der Waals surface area contributed by atoms with E-state index in [1.165, 1.54) is 12.8 Å². The average molecular weight is 209 g/mol. The Labute approximate surface area is 90.3 Å². The Morgan fingerprint density at radius 1 is 1.57 bits per heavy atom. The fourth-order valence-corrected chi connectivity index (χ4v) is 3.84. The van der Waals surface area contributed by atoms with Crippen molar-refractivity contribution in [3.8, 4) is 0 Å². The zero-order valence-electron chi connectivity index (χ0n) is 9.05. The molecule has 0 amide bonds. The SMILES string of the molecule is CC1(C)CCc2ccsc2C1CCN. The van der Waals surface area contributed by atoms with Gasteiger partial charge < -0.3 is 5.73 Å². The number of hydrogen-bond acceptors (Lipinski definition) is 2. The van der Waals surface area contributed by atoms with Gasteiger partial charge in [-0.1, -0.05) is 13.8 Å². The van der Waals surface area contributed by atoms with Gasteiger partial charge in [-0.2, -0.15) is 0 Å². The van der Waals surface area contributed by atoms with Gasteiger partial charge in [0.05, 0.1) is 0 Å². The third-order valence-corrected chi connectivity index (χ3v) is 4.61. The van der Waals surface area contributed by atoms with E-state index in [9.17, 15) is 0 Å². The van der Waals surface area contributed by atoms with Gasteiger partial charge in [0.15, 0.2) is 0 Å². The highest BCUT2D eigenvalue weighted by Gasteiger charge is 2.35. The van der Waals surface area contributed by atoms with Crippen molar-refractivity contribution in [3.63, 3.8) is 0 Å². The number of thiophene rings is 1. The molecule has 0 aromatic carbocycles. The minimum absolute atomic E-state index is 0.442. The maximum absolute atomic E-state index is 5.71. The molecular weight excluding hydrogens is 190 g/mol. The van der Waals surface area contributed by atoms with Crippen molar-refractivity contribution in [3.05, 3.63) is 21.9 Å². The molecule has 2 N–H and O–H groups in total. The second-order valence-electron chi connectivity index (χ2n) is 4.93. The maximum atomic E-state index is 5.71. The summed E-state index contributed by atoms with van der Waals surface area (Å²) in [5.74, 6) is 0.691. The molecule has 0 radical (unpaired) electrons. The van der Waals surface area contributed by atoms with Crippen LogP contribution < -0.4 is 5.73 Å². The first kappa shape index (κ1) is 10.2. The van der Waals surface area contributed by atoms with Crippen LogP contribution in [0.15, 0.2) is 11.4 Å². The summed E-state index contributed by atoms with van der Waals surface area (Å²) in [5.41, 5.74) is 7.73. The molecule has 2 heteroatoms. The molecule has 1 unspecified atom stereocenters. The molecule has 1 nitrogen and oxygen atoms in total. The molecule has 78 valence electrons. The predicted octanol–water partition coefficient (Wildman–Crippen LogP) is 3.15. The van der Waals surface area contributed by atoms with E-state index in [4.69, 9.17) is 5.73 Å². The van der Waals surface area contributed by atoms with Gasteiger partial charge in [0.25, 0.3) is 0 Å². The summed E-state index contributed by atoms with van der Waals surface area (Å²) in [5, 5.41) is 2.23. The fraction of sp³-hybridized carbons (Fsp3) is 0.667. The second kappa shape index (κ2) is 3.67. The highest BCUT2D eigenvalue weighted by atomic mass is 32.1. The number of fused-ring (bicyclic) bond motifs is 1. The lowest BCUT2D eigenvalue weighted by molar-refractivity contribution is 0.240. The average Bonchev–Trinajstić information content (AvgIpc) is 2.58. The van der Waals surface area contributed by atoms with E-state index in [0.29, 0.717) is 11.3 Å². The van der Waals surface area contributed by atoms with Gasteiger partial charge in [0.1, 0.15) is 0 Å². The van der Waals surface area contributed by atoms with Gasteiger partial charge in [-0.3, -0.25) is 0 Å². The van der Waals surface area contributed by atoms with E-state index < -0.39 is 0 Å². The minimum Gasteiger partial charge on any atom is -0.330 e. The largest absolute Gasteiger partial charge is 0.330 e. The molecule has 0 spiro atoms. The third-order valence-electron chi connectivity index (χ3n) is 3.53. The Bertz CT molecular complexity index is 314. The van der Waals surface area contributed by atoms with Gasteiger partial charge in [-0.05, 0) is 54.1 Å². The van der Waals surface area contributed by atoms with Crippen LogP contribution in [0.3, 0.4) is 0 Å². The quantitative estimate of drug-likeness (QED) is 0.795. The molecule has 0 aliphatic heterocycles. The lowest BCUT2D eigenvalue weighted by Crippen LogP contribution is -2.28. The molecule has 0 saturated carbocycles. The Kier molecular flexibility index (Phi) is 2.67. The molecular formula is C12H19NS. The van der Waals surface area contributed by atoms with Gasteiger partial charge in [0, 0.05) is 4.88 Å². The van der Waals surface area contributed by atoms with E-state index in [-0.39, 0.29) is 0 Å². The fourth-order valence-electron chi connectivity index (χ4n) is 2.53. The molecule has 14 heavy (non-hydrogen) atoms. The molecule has 0 fully saturated rings. The summed E-state index contributed by atoms with van der Waals surface area (Å²) >= 11 is 1.92. The number of rotatable bonds is 2. The predicted molar refractivity (Wildman–Crippen MR) is 62.8 cm³/mol. The van der Waals surface area contributed by atoms with E-state index in [1.807, 2.05) is 11.3 Å². The van der Waals surface area contributed by atoms with Crippen molar-refractivity contribution in [1.82, 2.24) is 0 Å². The number of hydrogen-bond donors (Lipinski definition) is 1. The van der Waals surface area contributed by atoms with Crippen molar-refractivity contribution < 1.29 is 0 Å². The Morgan fingerprint density at radius 2 is 2.36 bits per heavy atom. The van der Waals surface area contributed by atoms with Crippen LogP contribution in [0.4, 0.5) is 0 Å². The van der Waals surface area contributed by atoms with Crippen molar-refractivity contribution in [2.75, 3.05) is 6.54 Å². The first-order valence-electron chi connectivity index (χ1n) is 5.41. The summed E-state index contributed by atoms with van der Waals surface area (Å²) in [6, 6.07) is 2.29. The van der Waals surface area contributed by atoms with Crippen LogP contribution in [-0.4, -0.2) is 6.54 Å². The van der Waals surface area contributed by atoms with Gasteiger partial charge in [-0.15, -0.1) is 11.3 Å². The maximum Gasteiger partial charge on any atom is 0.0114 e. The van der Waals surface area contributed by atoms with E-state index >= 15 is 0 Å². The minimum atomic E-state index is 0.442. The molecule has 1 heterocycles. The molecule has 0 bridgehead atoms. The van der Waals surface area contributed by atoms with Crippen LogP contribution >= 0.6 is 11.3 Å².